The van der Waals surface area contributed by atoms with E-state index < -0.39 is 15.9 Å². The summed E-state index contributed by atoms with van der Waals surface area (Å²) in [7, 11) is -3.12. The number of nitrogens with one attached hydrogen (secondary N) is 2. The summed E-state index contributed by atoms with van der Waals surface area (Å²) in [5.41, 5.74) is 9.63. The van der Waals surface area contributed by atoms with Crippen molar-refractivity contribution in [2.75, 3.05) is 47.5 Å². The highest BCUT2D eigenvalue weighted by Gasteiger charge is 2.25. The standard InChI is InChI=1S/C22H29N5O3S/c1-2-31(29,30)27-13-11-26(12-14-27)19-8-5-16(6-9-19)24-18-7-10-20(22(23)28)21(15-18)25-17-3-4-17/h5-10,15,17,24-25H,2-4,11-14H2,1H3,(H2,23,28). The van der Waals surface area contributed by atoms with Crippen molar-refractivity contribution < 1.29 is 13.2 Å². The van der Waals surface area contributed by atoms with Crippen LogP contribution in [0.4, 0.5) is 22.7 Å². The van der Waals surface area contributed by atoms with Crippen LogP contribution in [0.25, 0.3) is 0 Å². The average molecular weight is 444 g/mol. The molecule has 0 atom stereocenters. The van der Waals surface area contributed by atoms with Crippen LogP contribution in [0, 0.1) is 0 Å². The maximum atomic E-state index is 12.0. The fourth-order valence-electron chi connectivity index (χ4n) is 3.73. The van der Waals surface area contributed by atoms with Crippen molar-refractivity contribution in [3.63, 3.8) is 0 Å². The number of rotatable bonds is 8. The van der Waals surface area contributed by atoms with Gasteiger partial charge in [-0.1, -0.05) is 0 Å². The SMILES string of the molecule is CCS(=O)(=O)N1CCN(c2ccc(Nc3ccc(C(N)=O)c(NC4CC4)c3)cc2)CC1. The summed E-state index contributed by atoms with van der Waals surface area (Å²) < 4.78 is 25.6. The fourth-order valence-corrected chi connectivity index (χ4v) is 4.82. The quantitative estimate of drug-likeness (QED) is 0.579. The smallest absolute Gasteiger partial charge is 0.250 e. The van der Waals surface area contributed by atoms with Gasteiger partial charge in [0.2, 0.25) is 10.0 Å². The molecule has 0 spiro atoms. The van der Waals surface area contributed by atoms with Crippen LogP contribution in [0.5, 0.6) is 0 Å². The summed E-state index contributed by atoms with van der Waals surface area (Å²) in [5, 5.41) is 6.74. The largest absolute Gasteiger partial charge is 0.382 e. The molecule has 2 aromatic carbocycles. The van der Waals surface area contributed by atoms with Crippen LogP contribution < -0.4 is 21.3 Å². The lowest BCUT2D eigenvalue weighted by atomic mass is 10.1. The average Bonchev–Trinajstić information content (AvgIpc) is 3.58. The van der Waals surface area contributed by atoms with Gasteiger partial charge in [0.25, 0.3) is 5.91 Å². The minimum Gasteiger partial charge on any atom is -0.382 e. The van der Waals surface area contributed by atoms with Crippen LogP contribution in [-0.2, 0) is 10.0 Å². The Morgan fingerprint density at radius 3 is 2.26 bits per heavy atom. The van der Waals surface area contributed by atoms with Gasteiger partial charge in [-0.2, -0.15) is 4.31 Å². The highest BCUT2D eigenvalue weighted by atomic mass is 32.2. The van der Waals surface area contributed by atoms with Crippen molar-refractivity contribution in [2.45, 2.75) is 25.8 Å². The topological polar surface area (TPSA) is 108 Å². The normalized spacial score (nSPS) is 17.4. The summed E-state index contributed by atoms with van der Waals surface area (Å²) >= 11 is 0. The van der Waals surface area contributed by atoms with Gasteiger partial charge in [0, 0.05) is 55.0 Å². The van der Waals surface area contributed by atoms with E-state index in [0.29, 0.717) is 37.8 Å². The molecule has 0 radical (unpaired) electrons. The second-order valence-electron chi connectivity index (χ2n) is 8.00. The lowest BCUT2D eigenvalue weighted by Gasteiger charge is -2.35. The van der Waals surface area contributed by atoms with Gasteiger partial charge in [-0.05, 0) is 62.2 Å². The number of nitrogens with zero attached hydrogens (tertiary/aromatic N) is 2. The maximum Gasteiger partial charge on any atom is 0.250 e. The van der Waals surface area contributed by atoms with Crippen molar-refractivity contribution in [3.05, 3.63) is 48.0 Å². The van der Waals surface area contributed by atoms with Gasteiger partial charge in [0.1, 0.15) is 0 Å². The number of sulfonamides is 1. The Hall–Kier alpha value is -2.78. The zero-order valence-electron chi connectivity index (χ0n) is 17.7. The predicted octanol–water partition coefficient (Wildman–Crippen LogP) is 2.58. The molecular formula is C22H29N5O3S. The summed E-state index contributed by atoms with van der Waals surface area (Å²) in [5.74, 6) is -0.294. The van der Waals surface area contributed by atoms with Crippen molar-refractivity contribution in [2.24, 2.45) is 5.73 Å². The molecule has 1 amide bonds. The Morgan fingerprint density at radius 1 is 1.03 bits per heavy atom. The van der Waals surface area contributed by atoms with Crippen molar-refractivity contribution >= 4 is 38.7 Å². The van der Waals surface area contributed by atoms with Gasteiger partial charge in [0.05, 0.1) is 11.3 Å². The van der Waals surface area contributed by atoms with Gasteiger partial charge < -0.3 is 21.3 Å². The van der Waals surface area contributed by atoms with Crippen molar-refractivity contribution in [1.82, 2.24) is 4.31 Å². The number of hydrogen-bond acceptors (Lipinski definition) is 6. The molecule has 0 unspecified atom stereocenters. The molecule has 8 nitrogen and oxygen atoms in total. The first-order valence-electron chi connectivity index (χ1n) is 10.7. The Labute approximate surface area is 183 Å². The van der Waals surface area contributed by atoms with Crippen LogP contribution in [0.2, 0.25) is 0 Å². The van der Waals surface area contributed by atoms with Crippen LogP contribution in [-0.4, -0.2) is 56.6 Å². The molecule has 4 N–H and O–H groups in total. The Kier molecular flexibility index (Phi) is 6.06. The first kappa shape index (κ1) is 21.5. The molecule has 31 heavy (non-hydrogen) atoms. The Balaban J connectivity index is 1.40. The maximum absolute atomic E-state index is 12.0. The summed E-state index contributed by atoms with van der Waals surface area (Å²) in [6, 6.07) is 14.0. The Bertz CT molecular complexity index is 1040. The number of hydrogen-bond donors (Lipinski definition) is 3. The molecule has 1 saturated heterocycles. The molecule has 2 aromatic rings. The molecule has 1 saturated carbocycles. The monoisotopic (exact) mass is 443 g/mol. The van der Waals surface area contributed by atoms with Crippen LogP contribution in [0.1, 0.15) is 30.1 Å². The van der Waals surface area contributed by atoms with E-state index in [2.05, 4.69) is 15.5 Å². The van der Waals surface area contributed by atoms with E-state index in [0.717, 1.165) is 35.6 Å². The first-order valence-corrected chi connectivity index (χ1v) is 12.3. The molecule has 0 bridgehead atoms. The second kappa shape index (κ2) is 8.76. The lowest BCUT2D eigenvalue weighted by molar-refractivity contribution is 0.100. The minimum atomic E-state index is -3.12. The minimum absolute atomic E-state index is 0.145. The second-order valence-corrected chi connectivity index (χ2v) is 10.3. The molecule has 4 rings (SSSR count). The zero-order chi connectivity index (χ0) is 22.0. The number of carbonyl (C=O) groups is 1. The molecule has 1 aliphatic carbocycles. The molecular weight excluding hydrogens is 414 g/mol. The lowest BCUT2D eigenvalue weighted by Crippen LogP contribution is -2.49. The Morgan fingerprint density at radius 2 is 1.68 bits per heavy atom. The summed E-state index contributed by atoms with van der Waals surface area (Å²) in [4.78, 5) is 13.9. The molecule has 2 aliphatic rings. The number of anilines is 4. The third-order valence-electron chi connectivity index (χ3n) is 5.74. The van der Waals surface area contributed by atoms with E-state index >= 15 is 0 Å². The number of benzene rings is 2. The van der Waals surface area contributed by atoms with Gasteiger partial charge >= 0.3 is 0 Å². The van der Waals surface area contributed by atoms with E-state index in [1.54, 1.807) is 17.3 Å². The molecule has 9 heteroatoms. The van der Waals surface area contributed by atoms with Gasteiger partial charge in [-0.3, -0.25) is 4.79 Å². The summed E-state index contributed by atoms with van der Waals surface area (Å²) in [6.45, 7) is 4.06. The van der Waals surface area contributed by atoms with E-state index in [9.17, 15) is 13.2 Å². The molecule has 1 aliphatic heterocycles. The number of amides is 1. The van der Waals surface area contributed by atoms with E-state index in [1.165, 1.54) is 0 Å². The number of primary amides is 1. The number of piperazine rings is 1. The molecule has 1 heterocycles. The number of nitrogens with two attached hydrogens (primary N) is 1. The van der Waals surface area contributed by atoms with E-state index in [1.807, 2.05) is 36.4 Å². The van der Waals surface area contributed by atoms with Gasteiger partial charge in [-0.15, -0.1) is 0 Å². The highest BCUT2D eigenvalue weighted by Crippen LogP contribution is 2.30. The third-order valence-corrected chi connectivity index (χ3v) is 7.62. The van der Waals surface area contributed by atoms with E-state index in [-0.39, 0.29) is 5.75 Å². The zero-order valence-corrected chi connectivity index (χ0v) is 18.5. The van der Waals surface area contributed by atoms with Gasteiger partial charge in [0.15, 0.2) is 0 Å². The van der Waals surface area contributed by atoms with E-state index in [4.69, 9.17) is 5.73 Å². The van der Waals surface area contributed by atoms with Crippen LogP contribution in [0.15, 0.2) is 42.5 Å². The molecule has 2 fully saturated rings. The van der Waals surface area contributed by atoms with Gasteiger partial charge in [-0.25, -0.2) is 8.42 Å². The highest BCUT2D eigenvalue weighted by molar-refractivity contribution is 7.89. The third kappa shape index (κ3) is 5.11. The first-order chi connectivity index (χ1) is 14.9. The molecule has 166 valence electrons. The molecule has 0 aromatic heterocycles. The fraction of sp³-hybridized carbons (Fsp3) is 0.409. The van der Waals surface area contributed by atoms with Crippen molar-refractivity contribution in [3.8, 4) is 0 Å². The van der Waals surface area contributed by atoms with Crippen molar-refractivity contribution in [1.29, 1.82) is 0 Å². The van der Waals surface area contributed by atoms with Crippen LogP contribution >= 0.6 is 0 Å². The number of carbonyl (C=O) groups excluding carboxylic acids is 1. The summed E-state index contributed by atoms with van der Waals surface area (Å²) in [6.07, 6.45) is 2.21. The predicted molar refractivity (Wildman–Crippen MR) is 125 cm³/mol. The van der Waals surface area contributed by atoms with Crippen LogP contribution in [0.3, 0.4) is 0 Å².